The van der Waals surface area contributed by atoms with Gasteiger partial charge in [0.15, 0.2) is 0 Å². The molecule has 0 radical (unpaired) electrons. The van der Waals surface area contributed by atoms with Crippen LogP contribution in [0, 0.1) is 6.92 Å². The zero-order valence-corrected chi connectivity index (χ0v) is 16.6. The van der Waals surface area contributed by atoms with Gasteiger partial charge in [0.1, 0.15) is 0 Å². The van der Waals surface area contributed by atoms with Crippen LogP contribution in [0.4, 0.5) is 0 Å². The van der Waals surface area contributed by atoms with Crippen molar-refractivity contribution in [2.75, 3.05) is 20.7 Å². The number of hydrogen-bond acceptors (Lipinski definition) is 6. The smallest absolute Gasteiger partial charge is 0.307 e. The molecule has 1 aromatic heterocycles. The maximum absolute atomic E-state index is 12.1. The number of esters is 1. The molecule has 0 saturated carbocycles. The second kappa shape index (κ2) is 11.9. The fraction of sp³-hybridized carbons (Fsp3) is 0.579. The van der Waals surface area contributed by atoms with Crippen molar-refractivity contribution in [3.8, 4) is 0 Å². The highest BCUT2D eigenvalue weighted by atomic mass is 16.5. The van der Waals surface area contributed by atoms with E-state index >= 15 is 0 Å². The van der Waals surface area contributed by atoms with Crippen molar-refractivity contribution in [2.45, 2.75) is 51.2 Å². The minimum atomic E-state index is -0.250. The van der Waals surface area contributed by atoms with Gasteiger partial charge in [0.05, 0.1) is 13.5 Å². The number of nitrogens with zero attached hydrogens (tertiary/aromatic N) is 2. The van der Waals surface area contributed by atoms with Gasteiger partial charge in [-0.3, -0.25) is 24.1 Å². The lowest BCUT2D eigenvalue weighted by molar-refractivity contribution is -0.141. The van der Waals surface area contributed by atoms with Crippen LogP contribution in [0.5, 0.6) is 0 Å². The average molecular weight is 395 g/mol. The molecule has 0 unspecified atom stereocenters. The molecule has 1 aliphatic rings. The number of pyridine rings is 1. The summed E-state index contributed by atoms with van der Waals surface area (Å²) in [5.41, 5.74) is 0.760. The first-order valence-electron chi connectivity index (χ1n) is 9.13. The first-order valence-corrected chi connectivity index (χ1v) is 9.13. The van der Waals surface area contributed by atoms with Gasteiger partial charge in [0.25, 0.3) is 12.0 Å². The molecule has 2 N–H and O–H groups in total. The number of rotatable bonds is 7. The first kappa shape index (κ1) is 23.4. The summed E-state index contributed by atoms with van der Waals surface area (Å²) in [5, 5.41) is 9.83. The van der Waals surface area contributed by atoms with E-state index in [-0.39, 0.29) is 42.4 Å². The predicted octanol–water partition coefficient (Wildman–Crippen LogP) is 0.390. The van der Waals surface area contributed by atoms with Gasteiger partial charge in [-0.15, -0.1) is 0 Å². The summed E-state index contributed by atoms with van der Waals surface area (Å²) in [6.45, 7) is 2.53. The third kappa shape index (κ3) is 7.15. The summed E-state index contributed by atoms with van der Waals surface area (Å²) >= 11 is 0. The summed E-state index contributed by atoms with van der Waals surface area (Å²) in [4.78, 5) is 45.8. The van der Waals surface area contributed by atoms with Gasteiger partial charge in [-0.1, -0.05) is 6.07 Å². The molecule has 1 fully saturated rings. The number of carboxylic acid groups (broad SMARTS) is 1. The van der Waals surface area contributed by atoms with Gasteiger partial charge in [-0.05, 0) is 32.9 Å². The molecule has 0 aliphatic carbocycles. The zero-order chi connectivity index (χ0) is 21.1. The molecule has 2 heterocycles. The number of likely N-dealkylation sites (N-methyl/N-ethyl adjacent to an activating group) is 1. The highest BCUT2D eigenvalue weighted by molar-refractivity contribution is 5.75. The van der Waals surface area contributed by atoms with Gasteiger partial charge >= 0.3 is 5.97 Å². The Morgan fingerprint density at radius 2 is 1.96 bits per heavy atom. The minimum absolute atomic E-state index is 0.0695. The lowest BCUT2D eigenvalue weighted by Crippen LogP contribution is -2.41. The Morgan fingerprint density at radius 1 is 1.32 bits per heavy atom. The van der Waals surface area contributed by atoms with E-state index in [4.69, 9.17) is 14.6 Å². The second-order valence-corrected chi connectivity index (χ2v) is 6.65. The summed E-state index contributed by atoms with van der Waals surface area (Å²) < 4.78 is 6.33. The second-order valence-electron chi connectivity index (χ2n) is 6.65. The lowest BCUT2D eigenvalue weighted by Gasteiger charge is -2.25. The Labute approximate surface area is 164 Å². The van der Waals surface area contributed by atoms with E-state index < -0.39 is 0 Å². The molecule has 1 aromatic rings. The Morgan fingerprint density at radius 3 is 2.57 bits per heavy atom. The number of amides is 1. The van der Waals surface area contributed by atoms with Crippen LogP contribution in [0.3, 0.4) is 0 Å². The Bertz CT molecular complexity index is 718. The number of carbonyl (C=O) groups excluding carboxylic acids is 2. The zero-order valence-electron chi connectivity index (χ0n) is 16.6. The monoisotopic (exact) mass is 395 g/mol. The fourth-order valence-corrected chi connectivity index (χ4v) is 3.30. The van der Waals surface area contributed by atoms with Crippen LogP contribution in [0.15, 0.2) is 23.0 Å². The summed E-state index contributed by atoms with van der Waals surface area (Å²) in [6.07, 6.45) is 2.51. The number of aryl methyl sites for hydroxylation is 1. The number of hydrogen-bond donors (Lipinski definition) is 2. The van der Waals surface area contributed by atoms with Crippen LogP contribution in [0.25, 0.3) is 0 Å². The maximum atomic E-state index is 12.1. The highest BCUT2D eigenvalue weighted by Crippen LogP contribution is 2.24. The lowest BCUT2D eigenvalue weighted by atomic mass is 10.1. The van der Waals surface area contributed by atoms with Crippen LogP contribution in [-0.4, -0.2) is 65.7 Å². The van der Waals surface area contributed by atoms with E-state index in [1.807, 2.05) is 20.0 Å². The van der Waals surface area contributed by atoms with E-state index in [0.29, 0.717) is 19.5 Å². The molecule has 0 spiro atoms. The molecule has 9 heteroatoms. The quantitative estimate of drug-likeness (QED) is 0.506. The molecule has 2 rings (SSSR count). The van der Waals surface area contributed by atoms with Gasteiger partial charge in [0.2, 0.25) is 5.91 Å². The van der Waals surface area contributed by atoms with Crippen LogP contribution < -0.4 is 10.9 Å². The largest absolute Gasteiger partial charge is 0.483 e. The molecule has 1 aliphatic heterocycles. The summed E-state index contributed by atoms with van der Waals surface area (Å²) in [5.74, 6) is -0.273. The van der Waals surface area contributed by atoms with E-state index in [1.165, 1.54) is 13.2 Å². The SMILES string of the molecule is COC(=O)C[C@H]1CC[C@@H](CNC(=O)CCn2c(C)cccc2=O)N1C.O=CO. The average Bonchev–Trinajstić information content (AvgIpc) is 3.00. The number of aromatic nitrogens is 1. The molecular formula is C19H29N3O6. The molecule has 2 atom stereocenters. The molecular weight excluding hydrogens is 366 g/mol. The number of ether oxygens (including phenoxy) is 1. The van der Waals surface area contributed by atoms with Gasteiger partial charge < -0.3 is 19.7 Å². The van der Waals surface area contributed by atoms with E-state index in [1.54, 1.807) is 10.6 Å². The van der Waals surface area contributed by atoms with Gasteiger partial charge in [-0.2, -0.15) is 0 Å². The molecule has 0 aromatic carbocycles. The van der Waals surface area contributed by atoms with Crippen molar-refractivity contribution < 1.29 is 24.2 Å². The van der Waals surface area contributed by atoms with Gasteiger partial charge in [0, 0.05) is 43.4 Å². The van der Waals surface area contributed by atoms with Crippen LogP contribution in [0.2, 0.25) is 0 Å². The van der Waals surface area contributed by atoms with Crippen molar-refractivity contribution in [3.05, 3.63) is 34.2 Å². The normalized spacial score (nSPS) is 18.7. The molecule has 0 bridgehead atoms. The third-order valence-electron chi connectivity index (χ3n) is 4.98. The Kier molecular flexibility index (Phi) is 9.94. The summed E-state index contributed by atoms with van der Waals surface area (Å²) in [7, 11) is 3.37. The molecule has 28 heavy (non-hydrogen) atoms. The molecule has 1 saturated heterocycles. The van der Waals surface area contributed by atoms with Crippen molar-refractivity contribution in [2.24, 2.45) is 0 Å². The van der Waals surface area contributed by atoms with Crippen LogP contribution in [-0.2, 0) is 25.7 Å². The van der Waals surface area contributed by atoms with Crippen LogP contribution >= 0.6 is 0 Å². The molecule has 156 valence electrons. The number of nitrogens with one attached hydrogen (secondary N) is 1. The predicted molar refractivity (Wildman–Crippen MR) is 103 cm³/mol. The number of carbonyl (C=O) groups is 3. The van der Waals surface area contributed by atoms with Crippen LogP contribution in [0.1, 0.15) is 31.4 Å². The Hall–Kier alpha value is -2.68. The van der Waals surface area contributed by atoms with Crippen molar-refractivity contribution in [1.29, 1.82) is 0 Å². The van der Waals surface area contributed by atoms with Crippen molar-refractivity contribution in [3.63, 3.8) is 0 Å². The molecule has 1 amide bonds. The van der Waals surface area contributed by atoms with Crippen molar-refractivity contribution >= 4 is 18.3 Å². The number of likely N-dealkylation sites (tertiary alicyclic amines) is 1. The highest BCUT2D eigenvalue weighted by Gasteiger charge is 2.32. The van der Waals surface area contributed by atoms with E-state index in [2.05, 4.69) is 10.2 Å². The fourth-order valence-electron chi connectivity index (χ4n) is 3.30. The van der Waals surface area contributed by atoms with E-state index in [0.717, 1.165) is 18.5 Å². The number of methoxy groups -OCH3 is 1. The minimum Gasteiger partial charge on any atom is -0.483 e. The van der Waals surface area contributed by atoms with E-state index in [9.17, 15) is 14.4 Å². The van der Waals surface area contributed by atoms with Crippen molar-refractivity contribution in [1.82, 2.24) is 14.8 Å². The molecule has 9 nitrogen and oxygen atoms in total. The Balaban J connectivity index is 0.00000122. The van der Waals surface area contributed by atoms with Gasteiger partial charge in [-0.25, -0.2) is 0 Å². The standard InChI is InChI=1S/C18H27N3O4.CH2O2/c1-13-5-4-6-17(23)21(13)10-9-16(22)19-12-15-8-7-14(20(15)2)11-18(24)25-3;2-1-3/h4-6,14-15H,7-12H2,1-3H3,(H,19,22);1H,(H,2,3)/t14-,15+;/m1./s1. The maximum Gasteiger partial charge on any atom is 0.307 e. The first-order chi connectivity index (χ1) is 13.3. The third-order valence-corrected chi connectivity index (χ3v) is 4.98. The summed E-state index contributed by atoms with van der Waals surface area (Å²) in [6, 6.07) is 5.46. The topological polar surface area (TPSA) is 118 Å².